The molecule has 3 nitrogen and oxygen atoms in total. The highest BCUT2D eigenvalue weighted by Crippen LogP contribution is 2.29. The first kappa shape index (κ1) is 16.1. The topological polar surface area (TPSA) is 32.3 Å². The molecule has 0 unspecified atom stereocenters. The zero-order valence-corrected chi connectivity index (χ0v) is 12.0. The van der Waals surface area contributed by atoms with Gasteiger partial charge < -0.3 is 0 Å². The van der Waals surface area contributed by atoms with E-state index in [1.54, 1.807) is 12.1 Å². The minimum Gasteiger partial charge on any atom is -0.288 e. The van der Waals surface area contributed by atoms with Crippen LogP contribution in [0.1, 0.15) is 24.8 Å². The number of rotatable bonds is 5. The summed E-state index contributed by atoms with van der Waals surface area (Å²) in [5.41, 5.74) is 3.22. The van der Waals surface area contributed by atoms with Gasteiger partial charge in [0.2, 0.25) is 5.91 Å². The summed E-state index contributed by atoms with van der Waals surface area (Å²) in [5, 5.41) is 1.61. The Morgan fingerprint density at radius 2 is 1.95 bits per heavy atom. The molecule has 2 rings (SSSR count). The van der Waals surface area contributed by atoms with Crippen molar-refractivity contribution in [3.63, 3.8) is 0 Å². The number of hydrogen-bond donors (Lipinski definition) is 1. The van der Waals surface area contributed by atoms with Gasteiger partial charge >= 0.3 is 6.18 Å². The predicted molar refractivity (Wildman–Crippen MR) is 73.7 cm³/mol. The summed E-state index contributed by atoms with van der Waals surface area (Å²) in [6.07, 6.45) is -3.35. The molecule has 116 valence electrons. The molecule has 0 saturated carbocycles. The lowest BCUT2D eigenvalue weighted by molar-refractivity contribution is -0.190. The lowest BCUT2D eigenvalue weighted by Crippen LogP contribution is -2.49. The van der Waals surface area contributed by atoms with Gasteiger partial charge in [-0.25, -0.2) is 5.01 Å². The van der Waals surface area contributed by atoms with Crippen LogP contribution in [0.5, 0.6) is 0 Å². The molecule has 1 aromatic carbocycles. The third kappa shape index (κ3) is 4.61. The monoisotopic (exact) mass is 320 g/mol. The lowest BCUT2D eigenvalue weighted by atomic mass is 10.0. The summed E-state index contributed by atoms with van der Waals surface area (Å²) in [4.78, 5) is 11.1. The molecule has 1 N–H and O–H groups in total. The van der Waals surface area contributed by atoms with Gasteiger partial charge in [-0.2, -0.15) is 13.2 Å². The summed E-state index contributed by atoms with van der Waals surface area (Å²) in [6, 6.07) is 5.43. The standard InChI is InChI=1S/C14H16ClF3N2O/c15-11-6-4-10(5-7-11)2-1-3-12(14(16,17)18)20-9-8-13(21)19-20/h4-7,12H,1-3,8-9H2,(H,19,21)/t12-/m0/s1. The van der Waals surface area contributed by atoms with Crippen LogP contribution >= 0.6 is 11.6 Å². The molecule has 0 radical (unpaired) electrons. The predicted octanol–water partition coefficient (Wildman–Crippen LogP) is 3.33. The number of nitrogens with zero attached hydrogens (tertiary/aromatic N) is 1. The fourth-order valence-electron chi connectivity index (χ4n) is 2.37. The molecular formula is C14H16ClF3N2O. The van der Waals surface area contributed by atoms with Crippen molar-refractivity contribution in [2.24, 2.45) is 0 Å². The maximum atomic E-state index is 13.1. The first-order valence-electron chi connectivity index (χ1n) is 6.73. The van der Waals surface area contributed by atoms with E-state index >= 15 is 0 Å². The number of halogens is 4. The molecule has 1 aromatic rings. The highest BCUT2D eigenvalue weighted by molar-refractivity contribution is 6.30. The number of benzene rings is 1. The first-order chi connectivity index (χ1) is 9.86. The maximum Gasteiger partial charge on any atom is 0.405 e. The molecule has 1 heterocycles. The largest absolute Gasteiger partial charge is 0.405 e. The van der Waals surface area contributed by atoms with Gasteiger partial charge in [0.1, 0.15) is 6.04 Å². The van der Waals surface area contributed by atoms with Gasteiger partial charge in [-0.1, -0.05) is 23.7 Å². The normalized spacial score (nSPS) is 17.8. The second kappa shape index (κ2) is 6.66. The van der Waals surface area contributed by atoms with Gasteiger partial charge in [-0.3, -0.25) is 10.2 Å². The highest BCUT2D eigenvalue weighted by Gasteiger charge is 2.45. The number of aryl methyl sites for hydroxylation is 1. The quantitative estimate of drug-likeness (QED) is 0.902. The van der Waals surface area contributed by atoms with E-state index in [4.69, 9.17) is 11.6 Å². The average Bonchev–Trinajstić information content (AvgIpc) is 2.81. The number of carbonyl (C=O) groups excluding carboxylic acids is 1. The van der Waals surface area contributed by atoms with Crippen LogP contribution in [-0.2, 0) is 11.2 Å². The Hall–Kier alpha value is -1.27. The van der Waals surface area contributed by atoms with Gasteiger partial charge in [0.05, 0.1) is 0 Å². The number of hydrazine groups is 1. The van der Waals surface area contributed by atoms with Gasteiger partial charge in [0, 0.05) is 18.0 Å². The summed E-state index contributed by atoms with van der Waals surface area (Å²) in [5.74, 6) is -0.359. The molecule has 0 aromatic heterocycles. The van der Waals surface area contributed by atoms with Crippen molar-refractivity contribution in [3.8, 4) is 0 Å². The van der Waals surface area contributed by atoms with E-state index in [1.807, 2.05) is 12.1 Å². The minimum atomic E-state index is -4.35. The van der Waals surface area contributed by atoms with Crippen molar-refractivity contribution in [3.05, 3.63) is 34.9 Å². The van der Waals surface area contributed by atoms with Crippen molar-refractivity contribution in [2.75, 3.05) is 6.54 Å². The summed E-state index contributed by atoms with van der Waals surface area (Å²) in [6.45, 7) is 0.101. The molecule has 1 atom stereocenters. The molecule has 0 spiro atoms. The van der Waals surface area contributed by atoms with Gasteiger partial charge in [-0.15, -0.1) is 0 Å². The third-order valence-corrected chi connectivity index (χ3v) is 3.71. The molecule has 1 aliphatic rings. The Bertz CT molecular complexity index is 490. The van der Waals surface area contributed by atoms with E-state index in [0.717, 1.165) is 10.6 Å². The van der Waals surface area contributed by atoms with Crippen molar-refractivity contribution in [1.82, 2.24) is 10.4 Å². The maximum absolute atomic E-state index is 13.1. The Morgan fingerprint density at radius 3 is 2.48 bits per heavy atom. The number of nitrogens with one attached hydrogen (secondary N) is 1. The van der Waals surface area contributed by atoms with Crippen molar-refractivity contribution < 1.29 is 18.0 Å². The molecule has 21 heavy (non-hydrogen) atoms. The SMILES string of the molecule is O=C1CCN([C@@H](CCCc2ccc(Cl)cc2)C(F)(F)F)N1. The van der Waals surface area contributed by atoms with Crippen LogP contribution < -0.4 is 5.43 Å². The van der Waals surface area contributed by atoms with E-state index in [2.05, 4.69) is 5.43 Å². The van der Waals surface area contributed by atoms with Crippen LogP contribution in [0.15, 0.2) is 24.3 Å². The van der Waals surface area contributed by atoms with Crippen LogP contribution in [0.2, 0.25) is 5.02 Å². The van der Waals surface area contributed by atoms with Crippen LogP contribution in [0.4, 0.5) is 13.2 Å². The van der Waals surface area contributed by atoms with Crippen molar-refractivity contribution >= 4 is 17.5 Å². The minimum absolute atomic E-state index is 0.0492. The van der Waals surface area contributed by atoms with Gasteiger partial charge in [0.25, 0.3) is 0 Å². The van der Waals surface area contributed by atoms with Crippen LogP contribution in [0.25, 0.3) is 0 Å². The Balaban J connectivity index is 1.90. The Kier molecular flexibility index (Phi) is 5.11. The Morgan fingerprint density at radius 1 is 1.29 bits per heavy atom. The molecule has 1 saturated heterocycles. The van der Waals surface area contributed by atoms with E-state index in [1.165, 1.54) is 0 Å². The number of carbonyl (C=O) groups is 1. The lowest BCUT2D eigenvalue weighted by Gasteiger charge is -2.28. The van der Waals surface area contributed by atoms with E-state index in [0.29, 0.717) is 17.9 Å². The van der Waals surface area contributed by atoms with E-state index < -0.39 is 12.2 Å². The second-order valence-electron chi connectivity index (χ2n) is 5.05. The fraction of sp³-hybridized carbons (Fsp3) is 0.500. The van der Waals surface area contributed by atoms with Crippen LogP contribution in [-0.4, -0.2) is 29.7 Å². The zero-order chi connectivity index (χ0) is 15.5. The van der Waals surface area contributed by atoms with Crippen molar-refractivity contribution in [2.45, 2.75) is 37.9 Å². The molecular weight excluding hydrogens is 305 g/mol. The van der Waals surface area contributed by atoms with E-state index in [-0.39, 0.29) is 25.3 Å². The summed E-state index contributed by atoms with van der Waals surface area (Å²) < 4.78 is 39.2. The highest BCUT2D eigenvalue weighted by atomic mass is 35.5. The zero-order valence-electron chi connectivity index (χ0n) is 11.3. The van der Waals surface area contributed by atoms with Gasteiger partial charge in [0.15, 0.2) is 0 Å². The molecule has 1 amide bonds. The molecule has 1 aliphatic heterocycles. The molecule has 0 aliphatic carbocycles. The smallest absolute Gasteiger partial charge is 0.288 e. The van der Waals surface area contributed by atoms with Crippen LogP contribution in [0, 0.1) is 0 Å². The van der Waals surface area contributed by atoms with Crippen molar-refractivity contribution in [1.29, 1.82) is 0 Å². The molecule has 0 bridgehead atoms. The molecule has 1 fully saturated rings. The van der Waals surface area contributed by atoms with Crippen LogP contribution in [0.3, 0.4) is 0 Å². The number of amides is 1. The summed E-state index contributed by atoms with van der Waals surface area (Å²) >= 11 is 5.76. The molecule has 7 heteroatoms. The number of hydrogen-bond acceptors (Lipinski definition) is 2. The average molecular weight is 321 g/mol. The van der Waals surface area contributed by atoms with Gasteiger partial charge in [-0.05, 0) is 37.0 Å². The number of alkyl halides is 3. The fourth-order valence-corrected chi connectivity index (χ4v) is 2.50. The summed E-state index contributed by atoms with van der Waals surface area (Å²) in [7, 11) is 0. The van der Waals surface area contributed by atoms with E-state index in [9.17, 15) is 18.0 Å². The first-order valence-corrected chi connectivity index (χ1v) is 7.11. The second-order valence-corrected chi connectivity index (χ2v) is 5.49. The third-order valence-electron chi connectivity index (χ3n) is 3.46. The Labute approximate surface area is 126 Å².